The largest absolute Gasteiger partial charge is 0.497 e. The first kappa shape index (κ1) is 19.8. The zero-order chi connectivity index (χ0) is 20.8. The van der Waals surface area contributed by atoms with Crippen molar-refractivity contribution in [2.75, 3.05) is 39.9 Å². The summed E-state index contributed by atoms with van der Waals surface area (Å²) in [6, 6.07) is 17.1. The van der Waals surface area contributed by atoms with Crippen LogP contribution < -0.4 is 9.47 Å². The van der Waals surface area contributed by atoms with E-state index in [0.29, 0.717) is 31.1 Å². The third-order valence-electron chi connectivity index (χ3n) is 5.03. The maximum Gasteiger partial charge on any atom is 0.260 e. The highest BCUT2D eigenvalue weighted by Gasteiger charge is 2.23. The smallest absolute Gasteiger partial charge is 0.260 e. The standard InChI is InChI=1S/C21H24N6O3/c1-29-18-8-5-9-19(14-18)30-16-21(28)26-12-10-25(11-13-26)15-20-22-23-24-27(20)17-6-3-2-4-7-17/h2-9,14H,10-13,15-16H2,1H3. The lowest BCUT2D eigenvalue weighted by Gasteiger charge is -2.34. The molecule has 1 fully saturated rings. The number of nitrogens with zero attached hydrogens (tertiary/aromatic N) is 6. The summed E-state index contributed by atoms with van der Waals surface area (Å²) >= 11 is 0. The van der Waals surface area contributed by atoms with Crippen LogP contribution in [0.4, 0.5) is 0 Å². The first-order valence-corrected chi connectivity index (χ1v) is 9.82. The van der Waals surface area contributed by atoms with Gasteiger partial charge in [-0.1, -0.05) is 24.3 Å². The van der Waals surface area contributed by atoms with Crippen LogP contribution in [0.15, 0.2) is 54.6 Å². The summed E-state index contributed by atoms with van der Waals surface area (Å²) < 4.78 is 12.5. The first-order valence-electron chi connectivity index (χ1n) is 9.82. The molecule has 1 saturated heterocycles. The summed E-state index contributed by atoms with van der Waals surface area (Å²) in [6.07, 6.45) is 0. The van der Waals surface area contributed by atoms with Crippen molar-refractivity contribution in [3.63, 3.8) is 0 Å². The van der Waals surface area contributed by atoms with Gasteiger partial charge >= 0.3 is 0 Å². The number of carbonyl (C=O) groups excluding carboxylic acids is 1. The van der Waals surface area contributed by atoms with E-state index in [1.165, 1.54) is 0 Å². The highest BCUT2D eigenvalue weighted by molar-refractivity contribution is 5.77. The molecule has 1 aromatic heterocycles. The summed E-state index contributed by atoms with van der Waals surface area (Å²) in [4.78, 5) is 16.6. The van der Waals surface area contributed by atoms with Crippen LogP contribution in [0.2, 0.25) is 0 Å². The van der Waals surface area contributed by atoms with Crippen LogP contribution in [0.25, 0.3) is 5.69 Å². The predicted molar refractivity (Wildman–Crippen MR) is 110 cm³/mol. The van der Waals surface area contributed by atoms with Crippen LogP contribution in [0.1, 0.15) is 5.82 Å². The molecule has 0 bridgehead atoms. The average molecular weight is 408 g/mol. The van der Waals surface area contributed by atoms with Crippen molar-refractivity contribution in [1.82, 2.24) is 30.0 Å². The van der Waals surface area contributed by atoms with Crippen molar-refractivity contribution < 1.29 is 14.3 Å². The summed E-state index contributed by atoms with van der Waals surface area (Å²) in [5, 5.41) is 12.1. The number of amides is 1. The zero-order valence-electron chi connectivity index (χ0n) is 16.8. The molecule has 0 radical (unpaired) electrons. The fourth-order valence-electron chi connectivity index (χ4n) is 3.36. The van der Waals surface area contributed by atoms with E-state index < -0.39 is 0 Å². The molecule has 2 aromatic carbocycles. The quantitative estimate of drug-likeness (QED) is 0.584. The van der Waals surface area contributed by atoms with Crippen LogP contribution in [0, 0.1) is 0 Å². The average Bonchev–Trinajstić information content (AvgIpc) is 3.27. The van der Waals surface area contributed by atoms with Crippen LogP contribution in [-0.4, -0.2) is 75.8 Å². The van der Waals surface area contributed by atoms with Crippen molar-refractivity contribution >= 4 is 5.91 Å². The minimum atomic E-state index is -0.0217. The number of ether oxygens (including phenoxy) is 2. The normalized spacial score (nSPS) is 14.5. The topological polar surface area (TPSA) is 85.6 Å². The Labute approximate surface area is 174 Å². The third-order valence-corrected chi connectivity index (χ3v) is 5.03. The molecule has 156 valence electrons. The Morgan fingerprint density at radius 3 is 2.53 bits per heavy atom. The molecule has 9 heteroatoms. The number of para-hydroxylation sites is 1. The van der Waals surface area contributed by atoms with Gasteiger partial charge in [-0.15, -0.1) is 5.10 Å². The van der Waals surface area contributed by atoms with Crippen LogP contribution in [0.5, 0.6) is 11.5 Å². The second kappa shape index (κ2) is 9.36. The van der Waals surface area contributed by atoms with Gasteiger partial charge in [-0.2, -0.15) is 4.68 Å². The number of hydrogen-bond donors (Lipinski definition) is 0. The summed E-state index contributed by atoms with van der Waals surface area (Å²) in [7, 11) is 1.60. The van der Waals surface area contributed by atoms with Crippen molar-refractivity contribution in [2.45, 2.75) is 6.54 Å². The molecule has 0 saturated carbocycles. The number of tetrazole rings is 1. The summed E-state index contributed by atoms with van der Waals surface area (Å²) in [5.74, 6) is 2.08. The van der Waals surface area contributed by atoms with Crippen LogP contribution in [-0.2, 0) is 11.3 Å². The Hall–Kier alpha value is -3.46. The van der Waals surface area contributed by atoms with Gasteiger partial charge in [-0.25, -0.2) is 0 Å². The molecule has 2 heterocycles. The fourth-order valence-corrected chi connectivity index (χ4v) is 3.36. The van der Waals surface area contributed by atoms with E-state index in [9.17, 15) is 4.79 Å². The van der Waals surface area contributed by atoms with E-state index in [2.05, 4.69) is 20.4 Å². The molecule has 1 aliphatic heterocycles. The molecule has 0 N–H and O–H groups in total. The molecule has 0 atom stereocenters. The Bertz CT molecular complexity index is 970. The number of aromatic nitrogens is 4. The Balaban J connectivity index is 1.27. The Morgan fingerprint density at radius 1 is 1.00 bits per heavy atom. The lowest BCUT2D eigenvalue weighted by molar-refractivity contribution is -0.135. The molecule has 0 spiro atoms. The third kappa shape index (κ3) is 4.74. The van der Waals surface area contributed by atoms with E-state index in [1.807, 2.05) is 53.4 Å². The molecule has 0 aliphatic carbocycles. The number of carbonyl (C=O) groups is 1. The lowest BCUT2D eigenvalue weighted by atomic mass is 10.3. The summed E-state index contributed by atoms with van der Waals surface area (Å²) in [6.45, 7) is 3.45. The predicted octanol–water partition coefficient (Wildman–Crippen LogP) is 1.39. The van der Waals surface area contributed by atoms with Crippen molar-refractivity contribution in [1.29, 1.82) is 0 Å². The van der Waals surface area contributed by atoms with Crippen LogP contribution in [0.3, 0.4) is 0 Å². The second-order valence-corrected chi connectivity index (χ2v) is 6.97. The van der Waals surface area contributed by atoms with E-state index >= 15 is 0 Å². The van der Waals surface area contributed by atoms with Gasteiger partial charge in [0.15, 0.2) is 12.4 Å². The number of hydrogen-bond acceptors (Lipinski definition) is 7. The molecule has 0 unspecified atom stereocenters. The summed E-state index contributed by atoms with van der Waals surface area (Å²) in [5.41, 5.74) is 0.931. The number of benzene rings is 2. The Morgan fingerprint density at radius 2 is 1.77 bits per heavy atom. The van der Waals surface area contributed by atoms with Gasteiger partial charge in [0.1, 0.15) is 11.5 Å². The van der Waals surface area contributed by atoms with Crippen molar-refractivity contribution in [3.05, 3.63) is 60.4 Å². The first-order chi connectivity index (χ1) is 14.7. The minimum Gasteiger partial charge on any atom is -0.497 e. The van der Waals surface area contributed by atoms with E-state index in [0.717, 1.165) is 24.6 Å². The van der Waals surface area contributed by atoms with Crippen molar-refractivity contribution in [2.24, 2.45) is 0 Å². The molecule has 4 rings (SSSR count). The number of rotatable bonds is 7. The molecule has 9 nitrogen and oxygen atoms in total. The van der Waals surface area contributed by atoms with Crippen molar-refractivity contribution in [3.8, 4) is 17.2 Å². The van der Waals surface area contributed by atoms with Gasteiger partial charge in [0.25, 0.3) is 5.91 Å². The molecular weight excluding hydrogens is 384 g/mol. The maximum atomic E-state index is 12.5. The second-order valence-electron chi connectivity index (χ2n) is 6.97. The Kier molecular flexibility index (Phi) is 6.19. The van der Waals surface area contributed by atoms with Crippen LogP contribution >= 0.6 is 0 Å². The van der Waals surface area contributed by atoms with Gasteiger partial charge in [0.2, 0.25) is 0 Å². The van der Waals surface area contributed by atoms with Gasteiger partial charge in [-0.05, 0) is 34.7 Å². The molecule has 3 aromatic rings. The molecular formula is C21H24N6O3. The SMILES string of the molecule is COc1cccc(OCC(=O)N2CCN(Cc3nnnn3-c3ccccc3)CC2)c1. The highest BCUT2D eigenvalue weighted by atomic mass is 16.5. The number of methoxy groups -OCH3 is 1. The maximum absolute atomic E-state index is 12.5. The molecule has 1 aliphatic rings. The van der Waals surface area contributed by atoms with E-state index in [4.69, 9.17) is 9.47 Å². The lowest BCUT2D eigenvalue weighted by Crippen LogP contribution is -2.49. The highest BCUT2D eigenvalue weighted by Crippen LogP contribution is 2.19. The molecule has 1 amide bonds. The van der Waals surface area contributed by atoms with Gasteiger partial charge < -0.3 is 14.4 Å². The monoisotopic (exact) mass is 408 g/mol. The zero-order valence-corrected chi connectivity index (χ0v) is 16.8. The van der Waals surface area contributed by atoms with Gasteiger partial charge in [-0.3, -0.25) is 9.69 Å². The van der Waals surface area contributed by atoms with Gasteiger partial charge in [0.05, 0.1) is 19.3 Å². The number of piperazine rings is 1. The fraction of sp³-hybridized carbons (Fsp3) is 0.333. The minimum absolute atomic E-state index is 0.0133. The van der Waals surface area contributed by atoms with E-state index in [1.54, 1.807) is 17.9 Å². The van der Waals surface area contributed by atoms with E-state index in [-0.39, 0.29) is 12.5 Å². The van der Waals surface area contributed by atoms with Gasteiger partial charge in [0, 0.05) is 32.2 Å². The molecule has 30 heavy (non-hydrogen) atoms.